The van der Waals surface area contributed by atoms with Crippen LogP contribution in [0.15, 0.2) is 48.8 Å². The van der Waals surface area contributed by atoms with E-state index in [2.05, 4.69) is 65.6 Å². The normalized spacial score (nSPS) is 10.8. The van der Waals surface area contributed by atoms with Gasteiger partial charge in [-0.2, -0.15) is 0 Å². The van der Waals surface area contributed by atoms with Crippen LogP contribution in [-0.2, 0) is 19.5 Å². The van der Waals surface area contributed by atoms with Crippen LogP contribution in [0.2, 0.25) is 0 Å². The van der Waals surface area contributed by atoms with Crippen molar-refractivity contribution in [2.24, 2.45) is 0 Å². The highest BCUT2D eigenvalue weighted by Gasteiger charge is 1.97. The summed E-state index contributed by atoms with van der Waals surface area (Å²) in [6.07, 6.45) is 9.35. The standard InChI is InChI=1S/C18H26N2/c1-2-12-19-15-18-11-14-20(16-18)13-7-6-10-17-8-4-3-5-9-17/h3-5,8-9,11,14,16,19H,2,6-7,10,12-13,15H2,1H3. The molecule has 20 heavy (non-hydrogen) atoms. The van der Waals surface area contributed by atoms with Crippen LogP contribution in [0.3, 0.4) is 0 Å². The number of hydrogen-bond donors (Lipinski definition) is 1. The highest BCUT2D eigenvalue weighted by molar-refractivity contribution is 5.14. The molecular weight excluding hydrogens is 244 g/mol. The van der Waals surface area contributed by atoms with Crippen molar-refractivity contribution in [3.05, 3.63) is 59.9 Å². The Kier molecular flexibility index (Phi) is 6.39. The van der Waals surface area contributed by atoms with Crippen molar-refractivity contribution < 1.29 is 0 Å². The third-order valence-electron chi connectivity index (χ3n) is 3.54. The molecule has 0 aliphatic carbocycles. The van der Waals surface area contributed by atoms with E-state index in [1.54, 1.807) is 0 Å². The zero-order valence-corrected chi connectivity index (χ0v) is 12.5. The van der Waals surface area contributed by atoms with E-state index in [0.717, 1.165) is 19.6 Å². The lowest BCUT2D eigenvalue weighted by Crippen LogP contribution is -2.13. The SMILES string of the molecule is CCCNCc1ccn(CCCCc2ccccc2)c1. The van der Waals surface area contributed by atoms with Gasteiger partial charge in [0.15, 0.2) is 0 Å². The quantitative estimate of drug-likeness (QED) is 0.681. The molecule has 0 spiro atoms. The van der Waals surface area contributed by atoms with Gasteiger partial charge in [0.05, 0.1) is 0 Å². The molecule has 0 aliphatic heterocycles. The van der Waals surface area contributed by atoms with Crippen LogP contribution in [0.1, 0.15) is 37.3 Å². The van der Waals surface area contributed by atoms with E-state index in [-0.39, 0.29) is 0 Å². The van der Waals surface area contributed by atoms with Gasteiger partial charge in [0.1, 0.15) is 0 Å². The zero-order chi connectivity index (χ0) is 14.0. The average Bonchev–Trinajstić information content (AvgIpc) is 2.93. The Labute approximate surface area is 122 Å². The molecule has 1 aromatic carbocycles. The van der Waals surface area contributed by atoms with Gasteiger partial charge in [-0.3, -0.25) is 0 Å². The van der Waals surface area contributed by atoms with E-state index in [4.69, 9.17) is 0 Å². The molecule has 2 rings (SSSR count). The summed E-state index contributed by atoms with van der Waals surface area (Å²) >= 11 is 0. The van der Waals surface area contributed by atoms with Gasteiger partial charge < -0.3 is 9.88 Å². The van der Waals surface area contributed by atoms with Crippen molar-refractivity contribution in [3.63, 3.8) is 0 Å². The lowest BCUT2D eigenvalue weighted by Gasteiger charge is -2.04. The van der Waals surface area contributed by atoms with Gasteiger partial charge in [0.25, 0.3) is 0 Å². The predicted octanol–water partition coefficient (Wildman–Crippen LogP) is 4.01. The molecule has 0 saturated carbocycles. The smallest absolute Gasteiger partial charge is 0.0220 e. The molecule has 2 heteroatoms. The van der Waals surface area contributed by atoms with Crippen molar-refractivity contribution in [1.29, 1.82) is 0 Å². The third-order valence-corrected chi connectivity index (χ3v) is 3.54. The number of unbranched alkanes of at least 4 members (excludes halogenated alkanes) is 1. The van der Waals surface area contributed by atoms with Gasteiger partial charge in [-0.15, -0.1) is 0 Å². The molecule has 0 amide bonds. The zero-order valence-electron chi connectivity index (χ0n) is 12.5. The number of nitrogens with one attached hydrogen (secondary N) is 1. The molecule has 1 N–H and O–H groups in total. The lowest BCUT2D eigenvalue weighted by molar-refractivity contribution is 0.608. The first-order valence-corrected chi connectivity index (χ1v) is 7.78. The Hall–Kier alpha value is -1.54. The maximum absolute atomic E-state index is 3.44. The number of aromatic nitrogens is 1. The molecule has 0 fully saturated rings. The minimum Gasteiger partial charge on any atom is -0.354 e. The highest BCUT2D eigenvalue weighted by atomic mass is 14.9. The van der Waals surface area contributed by atoms with Gasteiger partial charge in [-0.1, -0.05) is 37.3 Å². The summed E-state index contributed by atoms with van der Waals surface area (Å²) in [5.74, 6) is 0. The predicted molar refractivity (Wildman–Crippen MR) is 85.8 cm³/mol. The molecule has 1 heterocycles. The van der Waals surface area contributed by atoms with E-state index in [1.165, 1.54) is 36.8 Å². The Morgan fingerprint density at radius 2 is 1.85 bits per heavy atom. The van der Waals surface area contributed by atoms with E-state index in [0.29, 0.717) is 0 Å². The van der Waals surface area contributed by atoms with Crippen molar-refractivity contribution in [3.8, 4) is 0 Å². The van der Waals surface area contributed by atoms with Crippen molar-refractivity contribution >= 4 is 0 Å². The molecule has 0 aliphatic rings. The summed E-state index contributed by atoms with van der Waals surface area (Å²) in [4.78, 5) is 0. The second-order valence-corrected chi connectivity index (χ2v) is 5.38. The first-order chi connectivity index (χ1) is 9.88. The van der Waals surface area contributed by atoms with E-state index in [9.17, 15) is 0 Å². The third kappa shape index (κ3) is 5.22. The van der Waals surface area contributed by atoms with Crippen LogP contribution >= 0.6 is 0 Å². The molecule has 0 radical (unpaired) electrons. The summed E-state index contributed by atoms with van der Waals surface area (Å²) in [6, 6.07) is 13.0. The Balaban J connectivity index is 1.64. The van der Waals surface area contributed by atoms with E-state index in [1.807, 2.05) is 0 Å². The van der Waals surface area contributed by atoms with Crippen molar-refractivity contribution in [2.45, 2.75) is 45.7 Å². The molecule has 0 saturated heterocycles. The Bertz CT molecular complexity index is 473. The lowest BCUT2D eigenvalue weighted by atomic mass is 10.1. The highest BCUT2D eigenvalue weighted by Crippen LogP contribution is 2.07. The minimum absolute atomic E-state index is 0.991. The van der Waals surface area contributed by atoms with Crippen molar-refractivity contribution in [1.82, 2.24) is 9.88 Å². The summed E-state index contributed by atoms with van der Waals surface area (Å²) in [6.45, 7) is 5.42. The maximum atomic E-state index is 3.44. The fourth-order valence-electron chi connectivity index (χ4n) is 2.41. The van der Waals surface area contributed by atoms with Gasteiger partial charge >= 0.3 is 0 Å². The number of aryl methyl sites for hydroxylation is 2. The van der Waals surface area contributed by atoms with Gasteiger partial charge in [0, 0.05) is 25.5 Å². The maximum Gasteiger partial charge on any atom is 0.0220 e. The van der Waals surface area contributed by atoms with E-state index >= 15 is 0 Å². The molecule has 0 bridgehead atoms. The number of nitrogens with zero attached hydrogens (tertiary/aromatic N) is 1. The topological polar surface area (TPSA) is 17.0 Å². The van der Waals surface area contributed by atoms with Crippen LogP contribution in [-0.4, -0.2) is 11.1 Å². The fraction of sp³-hybridized carbons (Fsp3) is 0.444. The molecule has 0 unspecified atom stereocenters. The van der Waals surface area contributed by atoms with Crippen LogP contribution in [0.25, 0.3) is 0 Å². The van der Waals surface area contributed by atoms with Gasteiger partial charge in [0.2, 0.25) is 0 Å². The summed E-state index contributed by atoms with van der Waals surface area (Å²) in [5.41, 5.74) is 2.84. The first-order valence-electron chi connectivity index (χ1n) is 7.78. The van der Waals surface area contributed by atoms with Crippen LogP contribution in [0, 0.1) is 0 Å². The van der Waals surface area contributed by atoms with E-state index < -0.39 is 0 Å². The monoisotopic (exact) mass is 270 g/mol. The minimum atomic E-state index is 0.991. The second-order valence-electron chi connectivity index (χ2n) is 5.38. The number of hydrogen-bond acceptors (Lipinski definition) is 1. The molecule has 1 aromatic heterocycles. The average molecular weight is 270 g/mol. The molecule has 2 aromatic rings. The van der Waals surface area contributed by atoms with Gasteiger partial charge in [-0.05, 0) is 49.4 Å². The summed E-state index contributed by atoms with van der Waals surface area (Å²) < 4.78 is 2.31. The van der Waals surface area contributed by atoms with Crippen molar-refractivity contribution in [2.75, 3.05) is 6.54 Å². The molecule has 2 nitrogen and oxygen atoms in total. The summed E-state index contributed by atoms with van der Waals surface area (Å²) in [5, 5.41) is 3.44. The van der Waals surface area contributed by atoms with Crippen LogP contribution in [0.4, 0.5) is 0 Å². The van der Waals surface area contributed by atoms with Crippen LogP contribution in [0.5, 0.6) is 0 Å². The van der Waals surface area contributed by atoms with Gasteiger partial charge in [-0.25, -0.2) is 0 Å². The fourth-order valence-corrected chi connectivity index (χ4v) is 2.41. The Morgan fingerprint density at radius 1 is 1.00 bits per heavy atom. The number of benzene rings is 1. The molecule has 0 atom stereocenters. The largest absolute Gasteiger partial charge is 0.354 e. The van der Waals surface area contributed by atoms with Crippen LogP contribution < -0.4 is 5.32 Å². The first kappa shape index (κ1) is 14.9. The molecular formula is C18H26N2. The summed E-state index contributed by atoms with van der Waals surface area (Å²) in [7, 11) is 0. The molecule has 108 valence electrons. The Morgan fingerprint density at radius 3 is 2.65 bits per heavy atom. The second kappa shape index (κ2) is 8.60. The number of rotatable bonds is 9.